The molecule has 1 aromatic carbocycles. The second-order valence-electron chi connectivity index (χ2n) is 3.48. The number of hydrogen-bond acceptors (Lipinski definition) is 3. The number of benzene rings is 1. The highest BCUT2D eigenvalue weighted by Gasteiger charge is 2.20. The molecule has 1 aromatic rings. The van der Waals surface area contributed by atoms with Gasteiger partial charge in [-0.15, -0.1) is 0 Å². The number of ketones is 1. The molecular weight excluding hydrogens is 284 g/mol. The highest BCUT2D eigenvalue weighted by atomic mass is 79.9. The molecule has 17 heavy (non-hydrogen) atoms. The Balaban J connectivity index is 3.19. The van der Waals surface area contributed by atoms with Crippen LogP contribution in [0.5, 0.6) is 11.5 Å². The Bertz CT molecular complexity index is 388. The highest BCUT2D eigenvalue weighted by molar-refractivity contribution is 9.10. The van der Waals surface area contributed by atoms with E-state index in [9.17, 15) is 4.79 Å². The van der Waals surface area contributed by atoms with Gasteiger partial charge in [-0.3, -0.25) is 4.79 Å². The lowest BCUT2D eigenvalue weighted by Crippen LogP contribution is -2.13. The van der Waals surface area contributed by atoms with E-state index in [1.807, 2.05) is 19.9 Å². The molecule has 4 heteroatoms. The molecule has 1 unspecified atom stereocenters. The number of carbonyl (C=O) groups excluding carboxylic acids is 1. The molecule has 94 valence electrons. The van der Waals surface area contributed by atoms with Gasteiger partial charge in [0.1, 0.15) is 0 Å². The van der Waals surface area contributed by atoms with Crippen molar-refractivity contribution in [3.63, 3.8) is 0 Å². The van der Waals surface area contributed by atoms with Gasteiger partial charge in [-0.1, -0.05) is 22.0 Å². The van der Waals surface area contributed by atoms with Gasteiger partial charge >= 0.3 is 0 Å². The minimum Gasteiger partial charge on any atom is -0.490 e. The lowest BCUT2D eigenvalue weighted by molar-refractivity contribution is 0.0991. The molecule has 0 spiro atoms. The molecule has 1 atom stereocenters. The summed E-state index contributed by atoms with van der Waals surface area (Å²) in [6.07, 6.45) is 0. The summed E-state index contributed by atoms with van der Waals surface area (Å²) >= 11 is 3.28. The fourth-order valence-corrected chi connectivity index (χ4v) is 1.73. The van der Waals surface area contributed by atoms with Crippen molar-refractivity contribution in [2.75, 3.05) is 13.2 Å². The van der Waals surface area contributed by atoms with Crippen molar-refractivity contribution >= 4 is 21.7 Å². The zero-order valence-corrected chi connectivity index (χ0v) is 11.9. The summed E-state index contributed by atoms with van der Waals surface area (Å²) in [5, 5.41) is 0. The van der Waals surface area contributed by atoms with Crippen molar-refractivity contribution in [1.82, 2.24) is 0 Å². The maximum atomic E-state index is 12.0. The van der Waals surface area contributed by atoms with E-state index in [4.69, 9.17) is 9.47 Å². The van der Waals surface area contributed by atoms with Crippen LogP contribution in [0.3, 0.4) is 0 Å². The predicted octanol–water partition coefficient (Wildman–Crippen LogP) is 3.45. The summed E-state index contributed by atoms with van der Waals surface area (Å²) in [5.41, 5.74) is 0.558. The molecule has 0 fully saturated rings. The summed E-state index contributed by atoms with van der Waals surface area (Å²) in [4.78, 5) is 11.8. The third-order valence-electron chi connectivity index (χ3n) is 2.19. The van der Waals surface area contributed by atoms with Crippen molar-refractivity contribution in [3.05, 3.63) is 23.8 Å². The number of rotatable bonds is 6. The molecule has 0 aliphatic rings. The summed E-state index contributed by atoms with van der Waals surface area (Å²) < 4.78 is 11.0. The topological polar surface area (TPSA) is 35.5 Å². The van der Waals surface area contributed by atoms with E-state index < -0.39 is 0 Å². The lowest BCUT2D eigenvalue weighted by Gasteiger charge is -2.15. The molecule has 1 rings (SSSR count). The molecule has 0 N–H and O–H groups in total. The van der Waals surface area contributed by atoms with Crippen LogP contribution in [0.2, 0.25) is 0 Å². The van der Waals surface area contributed by atoms with E-state index in [2.05, 4.69) is 15.9 Å². The van der Waals surface area contributed by atoms with Crippen LogP contribution < -0.4 is 9.47 Å². The van der Waals surface area contributed by atoms with Crippen LogP contribution in [0, 0.1) is 0 Å². The molecule has 3 nitrogen and oxygen atoms in total. The third kappa shape index (κ3) is 3.46. The average Bonchev–Trinajstić information content (AvgIpc) is 2.31. The number of hydrogen-bond donors (Lipinski definition) is 0. The molecule has 0 aromatic heterocycles. The summed E-state index contributed by atoms with van der Waals surface area (Å²) in [7, 11) is 0. The first-order valence-corrected chi connectivity index (χ1v) is 6.60. The molecule has 0 radical (unpaired) electrons. The fourth-order valence-electron chi connectivity index (χ4n) is 1.49. The van der Waals surface area contributed by atoms with Gasteiger partial charge in [-0.25, -0.2) is 0 Å². The lowest BCUT2D eigenvalue weighted by atomic mass is 10.1. The minimum absolute atomic E-state index is 0.00463. The second kappa shape index (κ2) is 6.64. The Labute approximate surface area is 110 Å². The van der Waals surface area contributed by atoms with Gasteiger partial charge in [0.2, 0.25) is 0 Å². The van der Waals surface area contributed by atoms with Crippen LogP contribution in [0.4, 0.5) is 0 Å². The van der Waals surface area contributed by atoms with Crippen molar-refractivity contribution in [3.8, 4) is 11.5 Å². The van der Waals surface area contributed by atoms with Crippen LogP contribution in [-0.2, 0) is 0 Å². The third-order valence-corrected chi connectivity index (χ3v) is 2.61. The fraction of sp³-hybridized carbons (Fsp3) is 0.462. The summed E-state index contributed by atoms with van der Waals surface area (Å²) in [5.74, 6) is 1.15. The van der Waals surface area contributed by atoms with Gasteiger partial charge < -0.3 is 9.47 Å². The molecule has 0 bridgehead atoms. The van der Waals surface area contributed by atoms with Gasteiger partial charge in [-0.2, -0.15) is 0 Å². The molecule has 0 aliphatic carbocycles. The van der Waals surface area contributed by atoms with Crippen LogP contribution in [0.15, 0.2) is 18.2 Å². The van der Waals surface area contributed by atoms with Crippen molar-refractivity contribution in [1.29, 1.82) is 0 Å². The van der Waals surface area contributed by atoms with E-state index >= 15 is 0 Å². The molecule has 0 amide bonds. The van der Waals surface area contributed by atoms with E-state index in [0.717, 1.165) is 0 Å². The molecule has 0 aliphatic heterocycles. The van der Waals surface area contributed by atoms with Gasteiger partial charge in [0, 0.05) is 0 Å². The average molecular weight is 301 g/mol. The highest BCUT2D eigenvalue weighted by Crippen LogP contribution is 2.32. The first kappa shape index (κ1) is 14.0. The summed E-state index contributed by atoms with van der Waals surface area (Å²) in [6, 6.07) is 5.37. The van der Waals surface area contributed by atoms with Crippen LogP contribution in [0.1, 0.15) is 31.1 Å². The molecule has 0 saturated heterocycles. The first-order chi connectivity index (χ1) is 8.11. The smallest absolute Gasteiger partial charge is 0.180 e. The quantitative estimate of drug-likeness (QED) is 0.596. The number of halogens is 1. The van der Waals surface area contributed by atoms with Gasteiger partial charge in [0.25, 0.3) is 0 Å². The second-order valence-corrected chi connectivity index (χ2v) is 4.85. The van der Waals surface area contributed by atoms with Gasteiger partial charge in [0.05, 0.1) is 23.6 Å². The Morgan fingerprint density at radius 2 is 1.94 bits per heavy atom. The largest absolute Gasteiger partial charge is 0.490 e. The standard InChI is InChI=1S/C13H17BrO3/c1-4-16-11-8-6-7-10(12(15)9(3)14)13(11)17-5-2/h6-9H,4-5H2,1-3H3. The zero-order chi connectivity index (χ0) is 12.8. The summed E-state index contributed by atoms with van der Waals surface area (Å²) in [6.45, 7) is 6.62. The minimum atomic E-state index is -0.237. The Morgan fingerprint density at radius 3 is 2.47 bits per heavy atom. The molecule has 0 saturated carbocycles. The Hall–Kier alpha value is -1.03. The van der Waals surface area contributed by atoms with Crippen molar-refractivity contribution in [2.45, 2.75) is 25.6 Å². The molecule has 0 heterocycles. The number of Topliss-reactive ketones (excluding diaryl/α,β-unsaturated/α-hetero) is 1. The van der Waals surface area contributed by atoms with Gasteiger partial charge in [0.15, 0.2) is 17.3 Å². The first-order valence-electron chi connectivity index (χ1n) is 5.68. The number of para-hydroxylation sites is 1. The number of ether oxygens (including phenoxy) is 2. The van der Waals surface area contributed by atoms with E-state index in [-0.39, 0.29) is 10.6 Å². The monoisotopic (exact) mass is 300 g/mol. The Morgan fingerprint density at radius 1 is 1.29 bits per heavy atom. The van der Waals surface area contributed by atoms with Crippen LogP contribution in [-0.4, -0.2) is 23.8 Å². The maximum absolute atomic E-state index is 12.0. The van der Waals surface area contributed by atoms with Crippen molar-refractivity contribution in [2.24, 2.45) is 0 Å². The van der Waals surface area contributed by atoms with E-state index in [0.29, 0.717) is 30.3 Å². The zero-order valence-electron chi connectivity index (χ0n) is 10.3. The SMILES string of the molecule is CCOc1cccc(C(=O)C(C)Br)c1OCC. The van der Waals surface area contributed by atoms with Crippen LogP contribution in [0.25, 0.3) is 0 Å². The predicted molar refractivity (Wildman–Crippen MR) is 71.5 cm³/mol. The maximum Gasteiger partial charge on any atom is 0.180 e. The number of alkyl halides is 1. The molecular formula is C13H17BrO3. The van der Waals surface area contributed by atoms with Crippen LogP contribution >= 0.6 is 15.9 Å². The Kier molecular flexibility index (Phi) is 5.48. The van der Waals surface area contributed by atoms with E-state index in [1.54, 1.807) is 19.1 Å². The van der Waals surface area contributed by atoms with E-state index in [1.165, 1.54) is 0 Å². The van der Waals surface area contributed by atoms with Gasteiger partial charge in [-0.05, 0) is 32.9 Å². The normalized spacial score (nSPS) is 12.0. The van der Waals surface area contributed by atoms with Crippen molar-refractivity contribution < 1.29 is 14.3 Å². The number of carbonyl (C=O) groups is 1.